The number of nitrogens with zero attached hydrogens (tertiary/aromatic N) is 3. The third kappa shape index (κ3) is 2.05. The maximum Gasteiger partial charge on any atom is 0.355 e. The van der Waals surface area contributed by atoms with Crippen molar-refractivity contribution in [2.24, 2.45) is 0 Å². The summed E-state index contributed by atoms with van der Waals surface area (Å²) in [7, 11) is 1.45. The maximum atomic E-state index is 11.0. The van der Waals surface area contributed by atoms with Gasteiger partial charge in [0.2, 0.25) is 5.88 Å². The molecule has 0 aliphatic heterocycles. The van der Waals surface area contributed by atoms with Gasteiger partial charge in [0.1, 0.15) is 5.69 Å². The number of pyridine rings is 1. The summed E-state index contributed by atoms with van der Waals surface area (Å²) in [4.78, 5) is 22.9. The summed E-state index contributed by atoms with van der Waals surface area (Å²) in [6.07, 6.45) is 4.35. The van der Waals surface area contributed by atoms with E-state index < -0.39 is 5.97 Å². The van der Waals surface area contributed by atoms with Gasteiger partial charge in [0.25, 0.3) is 0 Å². The number of carbonyl (C=O) groups is 1. The van der Waals surface area contributed by atoms with Crippen molar-refractivity contribution in [3.05, 3.63) is 36.4 Å². The third-order valence-electron chi connectivity index (χ3n) is 2.12. The Hall–Kier alpha value is -2.50. The van der Waals surface area contributed by atoms with Crippen LogP contribution >= 0.6 is 0 Å². The van der Waals surface area contributed by atoms with E-state index in [1.807, 2.05) is 0 Å². The van der Waals surface area contributed by atoms with E-state index in [4.69, 9.17) is 9.84 Å². The molecule has 0 aliphatic rings. The quantitative estimate of drug-likeness (QED) is 0.855. The number of aromatic carboxylic acids is 1. The summed E-state index contributed by atoms with van der Waals surface area (Å²) >= 11 is 0. The Morgan fingerprint density at radius 2 is 2.00 bits per heavy atom. The number of hydrogen-bond donors (Lipinski definition) is 1. The first-order chi connectivity index (χ1) is 8.24. The highest BCUT2D eigenvalue weighted by molar-refractivity contribution is 5.93. The fourth-order valence-electron chi connectivity index (χ4n) is 1.43. The molecule has 0 aliphatic carbocycles. The third-order valence-corrected chi connectivity index (χ3v) is 2.12. The van der Waals surface area contributed by atoms with Crippen molar-refractivity contribution in [1.29, 1.82) is 0 Å². The number of ether oxygens (including phenoxy) is 1. The van der Waals surface area contributed by atoms with Gasteiger partial charge in [0, 0.05) is 24.2 Å². The van der Waals surface area contributed by atoms with Crippen molar-refractivity contribution >= 4 is 5.97 Å². The van der Waals surface area contributed by atoms with Crippen LogP contribution in [0.1, 0.15) is 10.5 Å². The highest BCUT2D eigenvalue weighted by Gasteiger charge is 2.17. The molecule has 6 heteroatoms. The molecule has 2 heterocycles. The van der Waals surface area contributed by atoms with Gasteiger partial charge in [-0.1, -0.05) is 0 Å². The second kappa shape index (κ2) is 4.56. The molecule has 2 aromatic heterocycles. The van der Waals surface area contributed by atoms with Crippen molar-refractivity contribution in [2.75, 3.05) is 7.11 Å². The summed E-state index contributed by atoms with van der Waals surface area (Å²) in [6, 6.07) is 3.25. The molecule has 2 aromatic rings. The first-order valence-corrected chi connectivity index (χ1v) is 4.77. The van der Waals surface area contributed by atoms with Crippen LogP contribution in [0.15, 0.2) is 30.7 Å². The van der Waals surface area contributed by atoms with Gasteiger partial charge in [-0.3, -0.25) is 0 Å². The summed E-state index contributed by atoms with van der Waals surface area (Å²) in [5.74, 6) is -0.851. The molecule has 6 nitrogen and oxygen atoms in total. The Kier molecular flexibility index (Phi) is 2.95. The minimum Gasteiger partial charge on any atom is -0.479 e. The number of carboxylic acid groups (broad SMARTS) is 1. The summed E-state index contributed by atoms with van der Waals surface area (Å²) in [6.45, 7) is 0. The van der Waals surface area contributed by atoms with Gasteiger partial charge in [-0.05, 0) is 12.1 Å². The number of hydrogen-bond acceptors (Lipinski definition) is 5. The van der Waals surface area contributed by atoms with E-state index in [2.05, 4.69) is 15.0 Å². The van der Waals surface area contributed by atoms with Gasteiger partial charge >= 0.3 is 5.97 Å². The fraction of sp³-hybridized carbons (Fsp3) is 0.0909. The van der Waals surface area contributed by atoms with Gasteiger partial charge in [0.05, 0.1) is 7.11 Å². The van der Waals surface area contributed by atoms with Crippen LogP contribution in [0.2, 0.25) is 0 Å². The molecule has 0 amide bonds. The largest absolute Gasteiger partial charge is 0.479 e. The molecule has 0 saturated carbocycles. The van der Waals surface area contributed by atoms with E-state index in [0.29, 0.717) is 11.3 Å². The van der Waals surface area contributed by atoms with Gasteiger partial charge < -0.3 is 9.84 Å². The van der Waals surface area contributed by atoms with E-state index in [-0.39, 0.29) is 11.6 Å². The van der Waals surface area contributed by atoms with Crippen molar-refractivity contribution < 1.29 is 14.6 Å². The van der Waals surface area contributed by atoms with E-state index in [1.165, 1.54) is 25.7 Å². The predicted octanol–water partition coefficient (Wildman–Crippen LogP) is 1.25. The van der Waals surface area contributed by atoms with Crippen LogP contribution in [-0.2, 0) is 0 Å². The first kappa shape index (κ1) is 11.0. The van der Waals surface area contributed by atoms with Gasteiger partial charge in [-0.2, -0.15) is 0 Å². The van der Waals surface area contributed by atoms with Crippen molar-refractivity contribution in [3.8, 4) is 17.1 Å². The van der Waals surface area contributed by atoms with Crippen LogP contribution in [0.5, 0.6) is 5.88 Å². The molecule has 1 N–H and O–H groups in total. The average Bonchev–Trinajstić information content (AvgIpc) is 2.38. The highest BCUT2D eigenvalue weighted by atomic mass is 16.5. The minimum absolute atomic E-state index is 0.0775. The second-order valence-corrected chi connectivity index (χ2v) is 3.12. The van der Waals surface area contributed by atoms with Crippen LogP contribution in [0.3, 0.4) is 0 Å². The Bertz CT molecular complexity index is 557. The lowest BCUT2D eigenvalue weighted by atomic mass is 10.1. The SMILES string of the molecule is COc1nccnc1-c1cccnc1C(=O)O. The Morgan fingerprint density at radius 3 is 2.71 bits per heavy atom. The lowest BCUT2D eigenvalue weighted by molar-refractivity contribution is 0.0691. The highest BCUT2D eigenvalue weighted by Crippen LogP contribution is 2.26. The van der Waals surface area contributed by atoms with Crippen molar-refractivity contribution in [1.82, 2.24) is 15.0 Å². The molecule has 0 bridgehead atoms. The summed E-state index contributed by atoms with van der Waals surface area (Å²) < 4.78 is 5.04. The van der Waals surface area contributed by atoms with Crippen molar-refractivity contribution in [2.45, 2.75) is 0 Å². The predicted molar refractivity (Wildman–Crippen MR) is 58.8 cm³/mol. The zero-order valence-electron chi connectivity index (χ0n) is 8.99. The fourth-order valence-corrected chi connectivity index (χ4v) is 1.43. The van der Waals surface area contributed by atoms with E-state index >= 15 is 0 Å². The Labute approximate surface area is 96.9 Å². The summed E-state index contributed by atoms with van der Waals surface area (Å²) in [5, 5.41) is 9.04. The number of rotatable bonds is 3. The molecule has 0 aromatic carbocycles. The number of methoxy groups -OCH3 is 1. The monoisotopic (exact) mass is 231 g/mol. The average molecular weight is 231 g/mol. The van der Waals surface area contributed by atoms with Crippen LogP contribution in [0.25, 0.3) is 11.3 Å². The second-order valence-electron chi connectivity index (χ2n) is 3.12. The Morgan fingerprint density at radius 1 is 1.24 bits per heavy atom. The lowest BCUT2D eigenvalue weighted by Crippen LogP contribution is -2.04. The number of carboxylic acids is 1. The molecular weight excluding hydrogens is 222 g/mol. The van der Waals surface area contributed by atoms with E-state index in [1.54, 1.807) is 12.1 Å². The molecule has 86 valence electrons. The number of aromatic nitrogens is 3. The molecule has 2 rings (SSSR count). The lowest BCUT2D eigenvalue weighted by Gasteiger charge is -2.07. The van der Waals surface area contributed by atoms with Crippen LogP contribution in [0, 0.1) is 0 Å². The van der Waals surface area contributed by atoms with Crippen LogP contribution in [-0.4, -0.2) is 33.1 Å². The molecule has 0 radical (unpaired) electrons. The molecular formula is C11H9N3O3. The van der Waals surface area contributed by atoms with Gasteiger partial charge in [0.15, 0.2) is 5.69 Å². The van der Waals surface area contributed by atoms with Crippen molar-refractivity contribution in [3.63, 3.8) is 0 Å². The van der Waals surface area contributed by atoms with Crippen LogP contribution in [0.4, 0.5) is 0 Å². The normalized spacial score (nSPS) is 9.94. The standard InChI is InChI=1S/C11H9N3O3/c1-17-10-8(13-5-6-14-10)7-3-2-4-12-9(7)11(15)16/h2-6H,1H3,(H,15,16). The van der Waals surface area contributed by atoms with Crippen LogP contribution < -0.4 is 4.74 Å². The molecule has 0 fully saturated rings. The maximum absolute atomic E-state index is 11.0. The molecule has 17 heavy (non-hydrogen) atoms. The topological polar surface area (TPSA) is 85.2 Å². The minimum atomic E-state index is -1.12. The molecule has 0 spiro atoms. The Balaban J connectivity index is 2.64. The zero-order valence-corrected chi connectivity index (χ0v) is 8.99. The van der Waals surface area contributed by atoms with E-state index in [0.717, 1.165) is 0 Å². The summed E-state index contributed by atoms with van der Waals surface area (Å²) in [5.41, 5.74) is 0.664. The van der Waals surface area contributed by atoms with Gasteiger partial charge in [-0.25, -0.2) is 19.7 Å². The van der Waals surface area contributed by atoms with E-state index in [9.17, 15) is 4.79 Å². The molecule has 0 atom stereocenters. The first-order valence-electron chi connectivity index (χ1n) is 4.77. The zero-order chi connectivity index (χ0) is 12.3. The smallest absolute Gasteiger partial charge is 0.355 e. The van der Waals surface area contributed by atoms with Gasteiger partial charge in [-0.15, -0.1) is 0 Å². The molecule has 0 unspecified atom stereocenters. The molecule has 0 saturated heterocycles.